The van der Waals surface area contributed by atoms with Crippen LogP contribution in [0.3, 0.4) is 0 Å². The lowest BCUT2D eigenvalue weighted by molar-refractivity contribution is -0.0403. The molecule has 1 saturated carbocycles. The minimum Gasteiger partial charge on any atom is -0.427 e. The Hall–Kier alpha value is -2.79. The molecule has 0 atom stereocenters. The molecule has 1 aliphatic rings. The van der Waals surface area contributed by atoms with Crippen LogP contribution in [-0.2, 0) is 15.6 Å². The van der Waals surface area contributed by atoms with Crippen LogP contribution in [0.5, 0.6) is 5.75 Å². The number of benzene rings is 3. The van der Waals surface area contributed by atoms with E-state index in [-0.39, 0.29) is 11.7 Å². The van der Waals surface area contributed by atoms with Gasteiger partial charge in [0.15, 0.2) is 26.3 Å². The van der Waals surface area contributed by atoms with Crippen molar-refractivity contribution in [1.82, 2.24) is 0 Å². The zero-order valence-corrected chi connectivity index (χ0v) is 21.1. The number of ether oxygens (including phenoxy) is 2. The molecule has 1 aliphatic carbocycles. The highest BCUT2D eigenvalue weighted by molar-refractivity contribution is 7.97. The number of hydrogen-bond donors (Lipinski definition) is 0. The first kappa shape index (κ1) is 24.3. The second-order valence-electron chi connectivity index (χ2n) is 9.41. The van der Waals surface area contributed by atoms with E-state index in [1.807, 2.05) is 0 Å². The third-order valence-electron chi connectivity index (χ3n) is 6.63. The van der Waals surface area contributed by atoms with E-state index in [4.69, 9.17) is 9.47 Å². The van der Waals surface area contributed by atoms with Crippen LogP contribution >= 0.6 is 0 Å². The fourth-order valence-electron chi connectivity index (χ4n) is 4.49. The van der Waals surface area contributed by atoms with Gasteiger partial charge in [0.25, 0.3) is 0 Å². The molecule has 3 nitrogen and oxygen atoms in total. The van der Waals surface area contributed by atoms with E-state index in [0.717, 1.165) is 40.4 Å². The number of carbonyl (C=O) groups is 1. The molecule has 0 radical (unpaired) electrons. The zero-order chi connectivity index (χ0) is 24.3. The van der Waals surface area contributed by atoms with Gasteiger partial charge in [0.05, 0.1) is 10.9 Å². The first-order valence-electron chi connectivity index (χ1n) is 11.9. The molecular weight excluding hydrogens is 447 g/mol. The van der Waals surface area contributed by atoms with Gasteiger partial charge in [0, 0.05) is 6.07 Å². The van der Waals surface area contributed by atoms with E-state index >= 15 is 0 Å². The van der Waals surface area contributed by atoms with Crippen molar-refractivity contribution < 1.29 is 18.7 Å². The summed E-state index contributed by atoms with van der Waals surface area (Å²) in [6, 6.07) is 21.5. The highest BCUT2D eigenvalue weighted by Crippen LogP contribution is 2.40. The van der Waals surface area contributed by atoms with Crippen LogP contribution < -0.4 is 4.74 Å². The summed E-state index contributed by atoms with van der Waals surface area (Å²) >= 11 is 0. The standard InChI is InChI=1S/C29H32FO3S/c1-20(2)29(17-5-6-18-29)33-28(31)32-27-19-25(15-16-26(27)30)34(23-11-7-21(3)8-12-23)24-13-9-22(4)10-14-24/h7-16,19-20H,5-6,17-18H2,1-4H3/q+1. The number of rotatable bonds is 6. The van der Waals surface area contributed by atoms with Crippen LogP contribution in [0.4, 0.5) is 9.18 Å². The van der Waals surface area contributed by atoms with E-state index in [2.05, 4.69) is 76.2 Å². The summed E-state index contributed by atoms with van der Waals surface area (Å²) < 4.78 is 26.0. The van der Waals surface area contributed by atoms with Crippen LogP contribution in [0, 0.1) is 25.6 Å². The van der Waals surface area contributed by atoms with Crippen LogP contribution in [0.15, 0.2) is 81.4 Å². The molecule has 0 amide bonds. The molecule has 0 aromatic heterocycles. The Morgan fingerprint density at radius 1 is 0.853 bits per heavy atom. The maximum atomic E-state index is 14.7. The Morgan fingerprint density at radius 3 is 1.85 bits per heavy atom. The van der Waals surface area contributed by atoms with Crippen molar-refractivity contribution >= 4 is 17.1 Å². The summed E-state index contributed by atoms with van der Waals surface area (Å²) in [6.45, 7) is 8.21. The lowest BCUT2D eigenvalue weighted by Crippen LogP contribution is -2.38. The van der Waals surface area contributed by atoms with E-state index in [1.54, 1.807) is 12.1 Å². The first-order chi connectivity index (χ1) is 16.3. The zero-order valence-electron chi connectivity index (χ0n) is 20.3. The smallest absolute Gasteiger partial charge is 0.427 e. The average molecular weight is 480 g/mol. The van der Waals surface area contributed by atoms with E-state index < -0.39 is 28.5 Å². The van der Waals surface area contributed by atoms with Crippen LogP contribution in [0.2, 0.25) is 0 Å². The van der Waals surface area contributed by atoms with Gasteiger partial charge in [-0.1, -0.05) is 49.2 Å². The summed E-state index contributed by atoms with van der Waals surface area (Å²) in [5.74, 6) is -0.508. The fraction of sp³-hybridized carbons (Fsp3) is 0.345. The third kappa shape index (κ3) is 5.30. The average Bonchev–Trinajstić information content (AvgIpc) is 3.28. The fourth-order valence-corrected chi connectivity index (χ4v) is 6.56. The highest BCUT2D eigenvalue weighted by atomic mass is 32.2. The maximum Gasteiger partial charge on any atom is 0.514 e. The molecule has 0 spiro atoms. The Labute approximate surface area is 204 Å². The number of aryl methyl sites for hydroxylation is 2. The monoisotopic (exact) mass is 479 g/mol. The Balaban J connectivity index is 1.65. The molecule has 0 heterocycles. The van der Waals surface area contributed by atoms with Crippen molar-refractivity contribution in [3.63, 3.8) is 0 Å². The summed E-state index contributed by atoms with van der Waals surface area (Å²) in [7, 11) is -0.483. The Bertz CT molecular complexity index is 1090. The van der Waals surface area contributed by atoms with Crippen molar-refractivity contribution in [3.05, 3.63) is 83.7 Å². The van der Waals surface area contributed by atoms with Gasteiger partial charge in [-0.2, -0.15) is 0 Å². The highest BCUT2D eigenvalue weighted by Gasteiger charge is 2.41. The van der Waals surface area contributed by atoms with Gasteiger partial charge in [0.2, 0.25) is 0 Å². The van der Waals surface area contributed by atoms with Crippen molar-refractivity contribution in [2.45, 2.75) is 73.7 Å². The maximum absolute atomic E-state index is 14.7. The van der Waals surface area contributed by atoms with Gasteiger partial charge in [-0.15, -0.1) is 0 Å². The quantitative estimate of drug-likeness (QED) is 0.204. The molecule has 0 bridgehead atoms. The largest absolute Gasteiger partial charge is 0.514 e. The lowest BCUT2D eigenvalue weighted by Gasteiger charge is -2.32. The van der Waals surface area contributed by atoms with Gasteiger partial charge in [0.1, 0.15) is 5.60 Å². The van der Waals surface area contributed by atoms with E-state index in [9.17, 15) is 9.18 Å². The molecule has 5 heteroatoms. The number of carbonyl (C=O) groups excluding carboxylic acids is 1. The Morgan fingerprint density at radius 2 is 1.35 bits per heavy atom. The van der Waals surface area contributed by atoms with Gasteiger partial charge >= 0.3 is 6.16 Å². The summed E-state index contributed by atoms with van der Waals surface area (Å²) in [6.07, 6.45) is 2.83. The molecular formula is C29H32FO3S+. The summed E-state index contributed by atoms with van der Waals surface area (Å²) in [5, 5.41) is 0. The van der Waals surface area contributed by atoms with Crippen molar-refractivity contribution in [2.75, 3.05) is 0 Å². The normalized spacial score (nSPS) is 15.0. The van der Waals surface area contributed by atoms with Crippen molar-refractivity contribution in [2.24, 2.45) is 5.92 Å². The molecule has 34 heavy (non-hydrogen) atoms. The van der Waals surface area contributed by atoms with E-state index in [1.165, 1.54) is 17.2 Å². The minimum absolute atomic E-state index is 0.101. The molecule has 3 aromatic rings. The molecule has 0 saturated heterocycles. The molecule has 4 rings (SSSR count). The first-order valence-corrected chi connectivity index (χ1v) is 13.1. The molecule has 0 N–H and O–H groups in total. The van der Waals surface area contributed by atoms with Crippen LogP contribution in [-0.4, -0.2) is 11.8 Å². The molecule has 0 unspecified atom stereocenters. The van der Waals surface area contributed by atoms with Crippen molar-refractivity contribution in [3.8, 4) is 5.75 Å². The summed E-state index contributed by atoms with van der Waals surface area (Å²) in [5.41, 5.74) is 1.82. The van der Waals surface area contributed by atoms with Gasteiger partial charge < -0.3 is 9.47 Å². The predicted molar refractivity (Wildman–Crippen MR) is 134 cm³/mol. The SMILES string of the molecule is Cc1ccc([S+](c2ccc(C)cc2)c2ccc(F)c(OC(=O)OC3(C(C)C)CCCC3)c2)cc1. The second-order valence-corrected chi connectivity index (χ2v) is 11.4. The van der Waals surface area contributed by atoms with Crippen LogP contribution in [0.1, 0.15) is 50.7 Å². The lowest BCUT2D eigenvalue weighted by atomic mass is 9.88. The minimum atomic E-state index is -0.836. The Kier molecular flexibility index (Phi) is 7.32. The van der Waals surface area contributed by atoms with Crippen LogP contribution in [0.25, 0.3) is 0 Å². The molecule has 3 aromatic carbocycles. The number of hydrogen-bond acceptors (Lipinski definition) is 3. The third-order valence-corrected chi connectivity index (χ3v) is 8.85. The summed E-state index contributed by atoms with van der Waals surface area (Å²) in [4.78, 5) is 15.8. The van der Waals surface area contributed by atoms with Crippen molar-refractivity contribution in [1.29, 1.82) is 0 Å². The molecule has 1 fully saturated rings. The van der Waals surface area contributed by atoms with E-state index in [0.29, 0.717) is 0 Å². The van der Waals surface area contributed by atoms with Gasteiger partial charge in [-0.05, 0) is 81.8 Å². The topological polar surface area (TPSA) is 35.5 Å². The molecule has 0 aliphatic heterocycles. The predicted octanol–water partition coefficient (Wildman–Crippen LogP) is 8.02. The van der Waals surface area contributed by atoms with Gasteiger partial charge in [-0.25, -0.2) is 9.18 Å². The number of halogens is 1. The molecule has 178 valence electrons. The van der Waals surface area contributed by atoms with Gasteiger partial charge in [-0.3, -0.25) is 0 Å². The second kappa shape index (κ2) is 10.2.